The third kappa shape index (κ3) is 4.47. The van der Waals surface area contributed by atoms with Gasteiger partial charge in [-0.1, -0.05) is 121 Å². The molecule has 0 nitrogen and oxygen atoms in total. The van der Waals surface area contributed by atoms with Gasteiger partial charge in [-0.15, -0.1) is 0 Å². The zero-order chi connectivity index (χ0) is 19.0. The van der Waals surface area contributed by atoms with Gasteiger partial charge in [0.15, 0.2) is 0 Å². The summed E-state index contributed by atoms with van der Waals surface area (Å²) in [5.74, 6) is 0. The molecule has 0 saturated carbocycles. The molecule has 0 fully saturated rings. The molecule has 0 aromatic heterocycles. The molecule has 0 unspecified atom stereocenters. The van der Waals surface area contributed by atoms with E-state index in [9.17, 15) is 0 Å². The van der Waals surface area contributed by atoms with Crippen LogP contribution in [0.4, 0.5) is 0 Å². The van der Waals surface area contributed by atoms with Crippen molar-refractivity contribution in [2.45, 2.75) is 12.8 Å². The van der Waals surface area contributed by atoms with Gasteiger partial charge >= 0.3 is 0 Å². The van der Waals surface area contributed by atoms with Crippen LogP contribution in [0.25, 0.3) is 11.1 Å². The molecule has 0 N–H and O–H groups in total. The van der Waals surface area contributed by atoms with Gasteiger partial charge in [-0.3, -0.25) is 0 Å². The number of rotatable bonds is 6. The molecule has 0 spiro atoms. The molecule has 28 heavy (non-hydrogen) atoms. The Labute approximate surface area is 167 Å². The van der Waals surface area contributed by atoms with E-state index in [1.165, 1.54) is 33.4 Å². The SMILES string of the molecule is c1ccc(CC(=C(Cc2ccccc2)c2ccccc2)c2ccccc2)cc1. The summed E-state index contributed by atoms with van der Waals surface area (Å²) >= 11 is 0. The summed E-state index contributed by atoms with van der Waals surface area (Å²) in [6.07, 6.45) is 1.84. The first-order valence-corrected chi connectivity index (χ1v) is 9.81. The fourth-order valence-electron chi connectivity index (χ4n) is 3.64. The van der Waals surface area contributed by atoms with Crippen molar-refractivity contribution in [2.75, 3.05) is 0 Å². The molecule has 136 valence electrons. The van der Waals surface area contributed by atoms with Crippen LogP contribution in [-0.2, 0) is 12.8 Å². The number of benzene rings is 4. The van der Waals surface area contributed by atoms with Crippen LogP contribution in [-0.4, -0.2) is 0 Å². The first kappa shape index (κ1) is 18.0. The lowest BCUT2D eigenvalue weighted by atomic mass is 9.87. The maximum absolute atomic E-state index is 2.23. The largest absolute Gasteiger partial charge is 0.0622 e. The Morgan fingerprint density at radius 1 is 0.357 bits per heavy atom. The first-order valence-electron chi connectivity index (χ1n) is 9.81. The highest BCUT2D eigenvalue weighted by molar-refractivity contribution is 5.92. The first-order chi connectivity index (χ1) is 13.9. The van der Waals surface area contributed by atoms with Crippen LogP contribution in [0.15, 0.2) is 121 Å². The van der Waals surface area contributed by atoms with Gasteiger partial charge < -0.3 is 0 Å². The minimum absolute atomic E-state index is 0.919. The molecule has 0 heteroatoms. The van der Waals surface area contributed by atoms with Crippen molar-refractivity contribution in [2.24, 2.45) is 0 Å². The molecule has 0 aliphatic heterocycles. The van der Waals surface area contributed by atoms with Gasteiger partial charge in [0, 0.05) is 0 Å². The molecule has 4 rings (SSSR count). The molecule has 0 atom stereocenters. The quantitative estimate of drug-likeness (QED) is 0.322. The average molecular weight is 361 g/mol. The van der Waals surface area contributed by atoms with Crippen LogP contribution >= 0.6 is 0 Å². The summed E-state index contributed by atoms with van der Waals surface area (Å²) in [6, 6.07) is 43.1. The normalized spacial score (nSPS) is 11.7. The maximum Gasteiger partial charge on any atom is -0.00168 e. The lowest BCUT2D eigenvalue weighted by Crippen LogP contribution is -2.00. The molecule has 0 aliphatic carbocycles. The summed E-state index contributed by atoms with van der Waals surface area (Å²) in [6.45, 7) is 0. The van der Waals surface area contributed by atoms with E-state index < -0.39 is 0 Å². The predicted octanol–water partition coefficient (Wildman–Crippen LogP) is 7.08. The van der Waals surface area contributed by atoms with Crippen LogP contribution in [0.5, 0.6) is 0 Å². The van der Waals surface area contributed by atoms with Crippen molar-refractivity contribution >= 4 is 11.1 Å². The Balaban J connectivity index is 1.88. The Morgan fingerprint density at radius 3 is 0.964 bits per heavy atom. The third-order valence-corrected chi connectivity index (χ3v) is 5.06. The Bertz CT molecular complexity index is 927. The summed E-state index contributed by atoms with van der Waals surface area (Å²) < 4.78 is 0. The number of allylic oxidation sites excluding steroid dienone is 2. The number of hydrogen-bond donors (Lipinski definition) is 0. The molecule has 0 bridgehead atoms. The minimum Gasteiger partial charge on any atom is -0.0622 e. The van der Waals surface area contributed by atoms with Crippen molar-refractivity contribution in [3.63, 3.8) is 0 Å². The van der Waals surface area contributed by atoms with Crippen LogP contribution in [0.3, 0.4) is 0 Å². The molecule has 0 aliphatic rings. The van der Waals surface area contributed by atoms with E-state index in [4.69, 9.17) is 0 Å². The maximum atomic E-state index is 2.23. The van der Waals surface area contributed by atoms with Crippen molar-refractivity contribution in [3.05, 3.63) is 144 Å². The highest BCUT2D eigenvalue weighted by Crippen LogP contribution is 2.32. The van der Waals surface area contributed by atoms with Gasteiger partial charge in [-0.05, 0) is 46.2 Å². The minimum atomic E-state index is 0.919. The standard InChI is InChI=1S/C28H24/c1-5-13-23(14-6-1)21-27(25-17-9-3-10-18-25)28(26-19-11-4-12-20-26)22-24-15-7-2-8-16-24/h1-20H,21-22H2. The van der Waals surface area contributed by atoms with Gasteiger partial charge in [-0.25, -0.2) is 0 Å². The molecule has 0 amide bonds. The Hall–Kier alpha value is -3.38. The zero-order valence-corrected chi connectivity index (χ0v) is 16.0. The van der Waals surface area contributed by atoms with Gasteiger partial charge in [0.2, 0.25) is 0 Å². The van der Waals surface area contributed by atoms with Crippen LogP contribution in [0, 0.1) is 0 Å². The van der Waals surface area contributed by atoms with Gasteiger partial charge in [0.1, 0.15) is 0 Å². The lowest BCUT2D eigenvalue weighted by molar-refractivity contribution is 1.23. The van der Waals surface area contributed by atoms with Crippen molar-refractivity contribution in [1.82, 2.24) is 0 Å². The topological polar surface area (TPSA) is 0 Å². The predicted molar refractivity (Wildman–Crippen MR) is 120 cm³/mol. The molecular weight excluding hydrogens is 336 g/mol. The van der Waals surface area contributed by atoms with Crippen LogP contribution < -0.4 is 0 Å². The van der Waals surface area contributed by atoms with Crippen molar-refractivity contribution < 1.29 is 0 Å². The van der Waals surface area contributed by atoms with E-state index in [0.29, 0.717) is 0 Å². The molecule has 4 aromatic rings. The monoisotopic (exact) mass is 360 g/mol. The lowest BCUT2D eigenvalue weighted by Gasteiger charge is -2.18. The fraction of sp³-hybridized carbons (Fsp3) is 0.0714. The Morgan fingerprint density at radius 2 is 0.643 bits per heavy atom. The summed E-state index contributed by atoms with van der Waals surface area (Å²) in [7, 11) is 0. The second-order valence-electron chi connectivity index (χ2n) is 7.01. The van der Waals surface area contributed by atoms with Crippen LogP contribution in [0.2, 0.25) is 0 Å². The second-order valence-corrected chi connectivity index (χ2v) is 7.01. The summed E-state index contributed by atoms with van der Waals surface area (Å²) in [5.41, 5.74) is 8.04. The van der Waals surface area contributed by atoms with Crippen LogP contribution in [0.1, 0.15) is 22.3 Å². The van der Waals surface area contributed by atoms with E-state index in [1.807, 2.05) is 0 Å². The van der Waals surface area contributed by atoms with Gasteiger partial charge in [0.05, 0.1) is 0 Å². The molecule has 0 saturated heterocycles. The zero-order valence-electron chi connectivity index (χ0n) is 16.0. The molecule has 4 aromatic carbocycles. The summed E-state index contributed by atoms with van der Waals surface area (Å²) in [4.78, 5) is 0. The highest BCUT2D eigenvalue weighted by atomic mass is 14.2. The average Bonchev–Trinajstić information content (AvgIpc) is 2.79. The van der Waals surface area contributed by atoms with E-state index in [1.54, 1.807) is 0 Å². The second kappa shape index (κ2) is 9.01. The van der Waals surface area contributed by atoms with Crippen molar-refractivity contribution in [3.8, 4) is 0 Å². The van der Waals surface area contributed by atoms with E-state index in [0.717, 1.165) is 12.8 Å². The van der Waals surface area contributed by atoms with Crippen molar-refractivity contribution in [1.29, 1.82) is 0 Å². The highest BCUT2D eigenvalue weighted by Gasteiger charge is 2.13. The fourth-order valence-corrected chi connectivity index (χ4v) is 3.64. The smallest absolute Gasteiger partial charge is 0.00168 e. The number of hydrogen-bond acceptors (Lipinski definition) is 0. The van der Waals surface area contributed by atoms with Gasteiger partial charge in [-0.2, -0.15) is 0 Å². The Kier molecular flexibility index (Phi) is 5.80. The van der Waals surface area contributed by atoms with Gasteiger partial charge in [0.25, 0.3) is 0 Å². The van der Waals surface area contributed by atoms with E-state index >= 15 is 0 Å². The molecule has 0 radical (unpaired) electrons. The van der Waals surface area contributed by atoms with E-state index in [2.05, 4.69) is 121 Å². The molecular formula is C28H24. The third-order valence-electron chi connectivity index (χ3n) is 5.06. The van der Waals surface area contributed by atoms with E-state index in [-0.39, 0.29) is 0 Å². The molecule has 0 heterocycles. The summed E-state index contributed by atoms with van der Waals surface area (Å²) in [5, 5.41) is 0.